The number of ketones is 1. The van der Waals surface area contributed by atoms with E-state index in [1.54, 1.807) is 7.11 Å². The van der Waals surface area contributed by atoms with Gasteiger partial charge in [0.05, 0.1) is 7.11 Å². The van der Waals surface area contributed by atoms with Gasteiger partial charge in [0, 0.05) is 11.5 Å². The maximum absolute atomic E-state index is 12.3. The number of carbonyl (C=O) groups excluding carboxylic acids is 1. The summed E-state index contributed by atoms with van der Waals surface area (Å²) < 4.78 is 5.15. The molecule has 0 bridgehead atoms. The van der Waals surface area contributed by atoms with Crippen LogP contribution in [0.2, 0.25) is 0 Å². The Morgan fingerprint density at radius 3 is 2.37 bits per heavy atom. The van der Waals surface area contributed by atoms with Gasteiger partial charge >= 0.3 is 0 Å². The van der Waals surface area contributed by atoms with Crippen molar-refractivity contribution in [2.45, 2.75) is 12.3 Å². The van der Waals surface area contributed by atoms with Crippen LogP contribution < -0.4 is 4.74 Å². The molecule has 0 unspecified atom stereocenters. The lowest BCUT2D eigenvalue weighted by Crippen LogP contribution is -2.02. The molecular formula is C17H16O2. The molecule has 1 fully saturated rings. The molecule has 0 spiro atoms. The van der Waals surface area contributed by atoms with Gasteiger partial charge in [0.2, 0.25) is 0 Å². The van der Waals surface area contributed by atoms with Gasteiger partial charge in [-0.15, -0.1) is 0 Å². The maximum Gasteiger partial charge on any atom is 0.166 e. The van der Waals surface area contributed by atoms with E-state index in [9.17, 15) is 4.79 Å². The number of hydrogen-bond donors (Lipinski definition) is 0. The minimum absolute atomic E-state index is 0.149. The molecule has 1 saturated carbocycles. The van der Waals surface area contributed by atoms with Crippen LogP contribution in [0.1, 0.15) is 28.3 Å². The van der Waals surface area contributed by atoms with Gasteiger partial charge in [-0.3, -0.25) is 4.79 Å². The second-order valence-corrected chi connectivity index (χ2v) is 4.95. The van der Waals surface area contributed by atoms with E-state index in [-0.39, 0.29) is 11.7 Å². The first kappa shape index (κ1) is 12.0. The second kappa shape index (κ2) is 4.88. The summed E-state index contributed by atoms with van der Waals surface area (Å²) >= 11 is 0. The van der Waals surface area contributed by atoms with Crippen molar-refractivity contribution in [3.63, 3.8) is 0 Å². The van der Waals surface area contributed by atoms with Gasteiger partial charge < -0.3 is 4.74 Å². The average molecular weight is 252 g/mol. The van der Waals surface area contributed by atoms with Crippen LogP contribution in [0, 0.1) is 5.92 Å². The molecule has 0 N–H and O–H groups in total. The van der Waals surface area contributed by atoms with Crippen molar-refractivity contribution in [1.82, 2.24) is 0 Å². The fourth-order valence-electron chi connectivity index (χ4n) is 2.52. The molecule has 2 heteroatoms. The Morgan fingerprint density at radius 2 is 1.74 bits per heavy atom. The predicted octanol–water partition coefficient (Wildman–Crippen LogP) is 3.68. The third-order valence-electron chi connectivity index (χ3n) is 3.73. The molecule has 96 valence electrons. The zero-order valence-corrected chi connectivity index (χ0v) is 10.9. The molecule has 0 amide bonds. The zero-order valence-electron chi connectivity index (χ0n) is 10.9. The summed E-state index contributed by atoms with van der Waals surface area (Å²) in [6, 6.07) is 17.6. The molecule has 19 heavy (non-hydrogen) atoms. The van der Waals surface area contributed by atoms with E-state index >= 15 is 0 Å². The predicted molar refractivity (Wildman–Crippen MR) is 74.6 cm³/mol. The molecule has 0 saturated heterocycles. The second-order valence-electron chi connectivity index (χ2n) is 4.95. The van der Waals surface area contributed by atoms with Crippen molar-refractivity contribution in [3.8, 4) is 5.75 Å². The van der Waals surface area contributed by atoms with Crippen LogP contribution in [0.5, 0.6) is 5.75 Å². The molecular weight excluding hydrogens is 236 g/mol. The first-order chi connectivity index (χ1) is 9.29. The molecule has 1 aliphatic rings. The lowest BCUT2D eigenvalue weighted by Gasteiger charge is -2.03. The first-order valence-electron chi connectivity index (χ1n) is 6.53. The molecule has 1 aliphatic carbocycles. The Morgan fingerprint density at radius 1 is 1.05 bits per heavy atom. The molecule has 2 aromatic rings. The number of carbonyl (C=O) groups is 1. The normalized spacial score (nSPS) is 20.9. The van der Waals surface area contributed by atoms with Crippen LogP contribution in [0.4, 0.5) is 0 Å². The van der Waals surface area contributed by atoms with Gasteiger partial charge in [0.1, 0.15) is 5.75 Å². The summed E-state index contributed by atoms with van der Waals surface area (Å²) in [6.45, 7) is 0. The molecule has 2 aromatic carbocycles. The number of Topliss-reactive ketones (excluding diaryl/α,β-unsaturated/α-hetero) is 1. The smallest absolute Gasteiger partial charge is 0.166 e. The van der Waals surface area contributed by atoms with Gasteiger partial charge in [0.25, 0.3) is 0 Å². The highest BCUT2D eigenvalue weighted by Crippen LogP contribution is 2.49. The summed E-state index contributed by atoms with van der Waals surface area (Å²) in [5.41, 5.74) is 2.05. The summed E-state index contributed by atoms with van der Waals surface area (Å²) in [6.07, 6.45) is 0.958. The molecule has 0 radical (unpaired) electrons. The van der Waals surface area contributed by atoms with E-state index in [0.717, 1.165) is 17.7 Å². The van der Waals surface area contributed by atoms with Crippen LogP contribution in [0.3, 0.4) is 0 Å². The van der Waals surface area contributed by atoms with E-state index in [0.29, 0.717) is 5.92 Å². The molecule has 0 aliphatic heterocycles. The van der Waals surface area contributed by atoms with Crippen LogP contribution in [-0.2, 0) is 0 Å². The van der Waals surface area contributed by atoms with Crippen LogP contribution >= 0.6 is 0 Å². The van der Waals surface area contributed by atoms with Gasteiger partial charge in [0.15, 0.2) is 5.78 Å². The monoisotopic (exact) mass is 252 g/mol. The van der Waals surface area contributed by atoms with E-state index < -0.39 is 0 Å². The number of methoxy groups -OCH3 is 1. The zero-order chi connectivity index (χ0) is 13.2. The van der Waals surface area contributed by atoms with Crippen LogP contribution in [-0.4, -0.2) is 12.9 Å². The van der Waals surface area contributed by atoms with Crippen LogP contribution in [0.15, 0.2) is 54.6 Å². The topological polar surface area (TPSA) is 26.3 Å². The van der Waals surface area contributed by atoms with Gasteiger partial charge in [-0.25, -0.2) is 0 Å². The Labute approximate surface area is 113 Å². The third-order valence-corrected chi connectivity index (χ3v) is 3.73. The van der Waals surface area contributed by atoms with Crippen LogP contribution in [0.25, 0.3) is 0 Å². The Kier molecular flexibility index (Phi) is 3.08. The Balaban J connectivity index is 1.72. The Bertz CT molecular complexity index is 572. The van der Waals surface area contributed by atoms with Gasteiger partial charge in [-0.05, 0) is 30.0 Å². The van der Waals surface area contributed by atoms with E-state index in [1.165, 1.54) is 5.56 Å². The average Bonchev–Trinajstić information content (AvgIpc) is 3.28. The van der Waals surface area contributed by atoms with Gasteiger partial charge in [-0.1, -0.05) is 42.5 Å². The third kappa shape index (κ3) is 2.39. The molecule has 2 atom stereocenters. The lowest BCUT2D eigenvalue weighted by atomic mass is 10.0. The summed E-state index contributed by atoms with van der Waals surface area (Å²) in [5, 5.41) is 0. The molecule has 2 nitrogen and oxygen atoms in total. The van der Waals surface area contributed by atoms with Gasteiger partial charge in [-0.2, -0.15) is 0 Å². The fraction of sp³-hybridized carbons (Fsp3) is 0.235. The van der Waals surface area contributed by atoms with Crippen molar-refractivity contribution in [2.24, 2.45) is 5.92 Å². The number of rotatable bonds is 4. The Hall–Kier alpha value is -2.09. The van der Waals surface area contributed by atoms with Crippen molar-refractivity contribution in [3.05, 3.63) is 65.7 Å². The van der Waals surface area contributed by atoms with Crippen molar-refractivity contribution < 1.29 is 9.53 Å². The minimum Gasteiger partial charge on any atom is -0.497 e. The summed E-state index contributed by atoms with van der Waals surface area (Å²) in [7, 11) is 1.66. The van der Waals surface area contributed by atoms with Crippen molar-refractivity contribution in [1.29, 1.82) is 0 Å². The number of ether oxygens (including phenoxy) is 1. The number of hydrogen-bond acceptors (Lipinski definition) is 2. The minimum atomic E-state index is 0.149. The quantitative estimate of drug-likeness (QED) is 0.776. The van der Waals surface area contributed by atoms with E-state index in [2.05, 4.69) is 12.1 Å². The first-order valence-corrected chi connectivity index (χ1v) is 6.53. The number of benzene rings is 2. The lowest BCUT2D eigenvalue weighted by molar-refractivity contribution is 0.0965. The van der Waals surface area contributed by atoms with E-state index in [1.807, 2.05) is 42.5 Å². The van der Waals surface area contributed by atoms with Crippen molar-refractivity contribution in [2.75, 3.05) is 7.11 Å². The summed E-state index contributed by atoms with van der Waals surface area (Å²) in [4.78, 5) is 12.3. The highest BCUT2D eigenvalue weighted by Gasteiger charge is 2.43. The molecule has 0 aromatic heterocycles. The molecule has 0 heterocycles. The summed E-state index contributed by atoms with van der Waals surface area (Å²) in [5.74, 6) is 1.64. The standard InChI is InChI=1S/C17H16O2/c1-19-14-9-7-12(8-10-14)15-11-16(15)17(18)13-5-3-2-4-6-13/h2-10,15-16H,11H2,1H3/t15-,16+/m0/s1. The fourth-order valence-corrected chi connectivity index (χ4v) is 2.52. The highest BCUT2D eigenvalue weighted by atomic mass is 16.5. The van der Waals surface area contributed by atoms with E-state index in [4.69, 9.17) is 4.74 Å². The highest BCUT2D eigenvalue weighted by molar-refractivity contribution is 6.00. The molecule has 3 rings (SSSR count). The maximum atomic E-state index is 12.3. The van der Waals surface area contributed by atoms with Crippen molar-refractivity contribution >= 4 is 5.78 Å². The largest absolute Gasteiger partial charge is 0.497 e. The SMILES string of the molecule is COc1ccc([C@@H]2C[C@H]2C(=O)c2ccccc2)cc1.